The van der Waals surface area contributed by atoms with E-state index in [0.29, 0.717) is 11.3 Å². The van der Waals surface area contributed by atoms with Crippen LogP contribution in [0.4, 0.5) is 4.39 Å². The van der Waals surface area contributed by atoms with Crippen LogP contribution in [0.2, 0.25) is 0 Å². The van der Waals surface area contributed by atoms with Crippen molar-refractivity contribution in [2.75, 3.05) is 0 Å². The summed E-state index contributed by atoms with van der Waals surface area (Å²) in [6.07, 6.45) is 2.63. The summed E-state index contributed by atoms with van der Waals surface area (Å²) in [7, 11) is 0. The van der Waals surface area contributed by atoms with Gasteiger partial charge in [-0.05, 0) is 30.7 Å². The van der Waals surface area contributed by atoms with E-state index in [4.69, 9.17) is 15.7 Å². The van der Waals surface area contributed by atoms with E-state index >= 15 is 0 Å². The molecule has 3 N–H and O–H groups in total. The van der Waals surface area contributed by atoms with Crippen molar-refractivity contribution in [2.24, 2.45) is 10.9 Å². The maximum atomic E-state index is 13.1. The number of oxime groups is 1. The minimum Gasteiger partial charge on any atom is -0.437 e. The Bertz CT molecular complexity index is 614. The van der Waals surface area contributed by atoms with Gasteiger partial charge in [-0.25, -0.2) is 14.4 Å². The highest BCUT2D eigenvalue weighted by atomic mass is 19.1. The van der Waals surface area contributed by atoms with Crippen LogP contribution in [0.3, 0.4) is 0 Å². The van der Waals surface area contributed by atoms with Gasteiger partial charge in [0.05, 0.1) is 12.4 Å². The van der Waals surface area contributed by atoms with Crippen molar-refractivity contribution >= 4 is 5.84 Å². The third-order valence-corrected chi connectivity index (χ3v) is 2.35. The predicted octanol–water partition coefficient (Wildman–Crippen LogP) is 1.81. The zero-order valence-corrected chi connectivity index (χ0v) is 10.0. The molecule has 0 spiro atoms. The van der Waals surface area contributed by atoms with E-state index in [2.05, 4.69) is 15.1 Å². The van der Waals surface area contributed by atoms with E-state index < -0.39 is 0 Å². The van der Waals surface area contributed by atoms with Crippen LogP contribution in [0.15, 0.2) is 35.7 Å². The molecule has 0 saturated carbocycles. The fourth-order valence-electron chi connectivity index (χ4n) is 1.35. The first-order valence-electron chi connectivity index (χ1n) is 5.34. The summed E-state index contributed by atoms with van der Waals surface area (Å²) in [4.78, 5) is 7.85. The van der Waals surface area contributed by atoms with Crippen LogP contribution < -0.4 is 10.5 Å². The monoisotopic (exact) mass is 262 g/mol. The first-order valence-corrected chi connectivity index (χ1v) is 5.34. The Balaban J connectivity index is 2.17. The zero-order chi connectivity index (χ0) is 13.8. The lowest BCUT2D eigenvalue weighted by molar-refractivity contribution is 0.318. The standard InChI is InChI=1S/C12H11FN4O2/c1-7-4-8(2-3-9(7)13)19-11-6-15-10(5-16-11)12(14)17-18/h2-6,18H,1H3,(H2,14,17). The van der Waals surface area contributed by atoms with Crippen LogP contribution in [0.25, 0.3) is 0 Å². The molecular formula is C12H11FN4O2. The Morgan fingerprint density at radius 2 is 2.16 bits per heavy atom. The van der Waals surface area contributed by atoms with E-state index in [-0.39, 0.29) is 23.2 Å². The number of aryl methyl sites for hydroxylation is 1. The van der Waals surface area contributed by atoms with Crippen LogP contribution in [-0.4, -0.2) is 21.0 Å². The molecule has 7 heteroatoms. The molecule has 2 aromatic rings. The quantitative estimate of drug-likeness (QED) is 0.381. The zero-order valence-electron chi connectivity index (χ0n) is 10.0. The molecule has 0 amide bonds. The number of rotatable bonds is 3. The summed E-state index contributed by atoms with van der Waals surface area (Å²) >= 11 is 0. The number of aromatic nitrogens is 2. The highest BCUT2D eigenvalue weighted by molar-refractivity contribution is 5.94. The number of benzene rings is 1. The predicted molar refractivity (Wildman–Crippen MR) is 65.8 cm³/mol. The van der Waals surface area contributed by atoms with E-state index in [0.717, 1.165) is 0 Å². The van der Waals surface area contributed by atoms with Crippen molar-refractivity contribution in [1.29, 1.82) is 0 Å². The van der Waals surface area contributed by atoms with Crippen molar-refractivity contribution in [3.8, 4) is 11.6 Å². The van der Waals surface area contributed by atoms with Crippen molar-refractivity contribution in [3.05, 3.63) is 47.7 Å². The van der Waals surface area contributed by atoms with Crippen molar-refractivity contribution in [3.63, 3.8) is 0 Å². The third-order valence-electron chi connectivity index (χ3n) is 2.35. The molecule has 1 heterocycles. The summed E-state index contributed by atoms with van der Waals surface area (Å²) in [5.41, 5.74) is 6.05. The summed E-state index contributed by atoms with van der Waals surface area (Å²) in [6.45, 7) is 1.63. The normalized spacial score (nSPS) is 11.4. The molecule has 0 radical (unpaired) electrons. The molecule has 0 unspecified atom stereocenters. The fraction of sp³-hybridized carbons (Fsp3) is 0.0833. The van der Waals surface area contributed by atoms with Gasteiger partial charge in [-0.2, -0.15) is 0 Å². The topological polar surface area (TPSA) is 93.6 Å². The lowest BCUT2D eigenvalue weighted by Crippen LogP contribution is -2.15. The molecular weight excluding hydrogens is 251 g/mol. The van der Waals surface area contributed by atoms with Crippen LogP contribution >= 0.6 is 0 Å². The molecule has 98 valence electrons. The van der Waals surface area contributed by atoms with Gasteiger partial charge >= 0.3 is 0 Å². The number of nitrogens with two attached hydrogens (primary N) is 1. The Morgan fingerprint density at radius 1 is 1.37 bits per heavy atom. The molecule has 0 aliphatic carbocycles. The van der Waals surface area contributed by atoms with Crippen LogP contribution in [0, 0.1) is 12.7 Å². The Morgan fingerprint density at radius 3 is 2.74 bits per heavy atom. The molecule has 0 aliphatic heterocycles. The van der Waals surface area contributed by atoms with Crippen LogP contribution in [0.1, 0.15) is 11.3 Å². The summed E-state index contributed by atoms with van der Waals surface area (Å²) < 4.78 is 18.5. The lowest BCUT2D eigenvalue weighted by atomic mass is 10.2. The number of halogens is 1. The van der Waals surface area contributed by atoms with Gasteiger partial charge in [0.2, 0.25) is 5.88 Å². The highest BCUT2D eigenvalue weighted by Gasteiger charge is 2.05. The minimum atomic E-state index is -0.305. The largest absolute Gasteiger partial charge is 0.437 e. The van der Waals surface area contributed by atoms with E-state index in [9.17, 15) is 4.39 Å². The van der Waals surface area contributed by atoms with Gasteiger partial charge in [0.1, 0.15) is 17.3 Å². The maximum Gasteiger partial charge on any atom is 0.237 e. The molecule has 0 fully saturated rings. The number of nitrogens with zero attached hydrogens (tertiary/aromatic N) is 3. The average Bonchev–Trinajstić information content (AvgIpc) is 2.43. The van der Waals surface area contributed by atoms with Crippen molar-refractivity contribution < 1.29 is 14.3 Å². The van der Waals surface area contributed by atoms with Gasteiger partial charge in [0, 0.05) is 0 Å². The molecule has 0 aliphatic rings. The first-order chi connectivity index (χ1) is 9.10. The van der Waals surface area contributed by atoms with E-state index in [1.807, 2.05) is 0 Å². The van der Waals surface area contributed by atoms with E-state index in [1.165, 1.54) is 24.5 Å². The second-order valence-corrected chi connectivity index (χ2v) is 3.74. The summed E-state index contributed by atoms with van der Waals surface area (Å²) in [6, 6.07) is 4.35. The van der Waals surface area contributed by atoms with Gasteiger partial charge in [-0.1, -0.05) is 5.16 Å². The Hall–Kier alpha value is -2.70. The maximum absolute atomic E-state index is 13.1. The lowest BCUT2D eigenvalue weighted by Gasteiger charge is -2.06. The van der Waals surface area contributed by atoms with E-state index in [1.54, 1.807) is 13.0 Å². The second kappa shape index (κ2) is 5.30. The second-order valence-electron chi connectivity index (χ2n) is 3.74. The molecule has 0 bridgehead atoms. The number of hydrogen-bond acceptors (Lipinski definition) is 5. The third kappa shape index (κ3) is 2.95. The average molecular weight is 262 g/mol. The van der Waals surface area contributed by atoms with Gasteiger partial charge in [-0.15, -0.1) is 0 Å². The van der Waals surface area contributed by atoms with Crippen molar-refractivity contribution in [2.45, 2.75) is 6.92 Å². The van der Waals surface area contributed by atoms with Gasteiger partial charge in [-0.3, -0.25) is 0 Å². The number of hydrogen-bond donors (Lipinski definition) is 2. The first kappa shape index (κ1) is 12.7. The molecule has 2 rings (SSSR count). The summed E-state index contributed by atoms with van der Waals surface area (Å²) in [5, 5.41) is 11.3. The SMILES string of the molecule is Cc1cc(Oc2cnc(/C(N)=N/O)cn2)ccc1F. The van der Waals surface area contributed by atoms with Crippen LogP contribution in [-0.2, 0) is 0 Å². The minimum absolute atomic E-state index is 0.142. The molecule has 1 aromatic carbocycles. The number of amidine groups is 1. The van der Waals surface area contributed by atoms with Crippen molar-refractivity contribution in [1.82, 2.24) is 9.97 Å². The smallest absolute Gasteiger partial charge is 0.237 e. The molecule has 0 atom stereocenters. The van der Waals surface area contributed by atoms with Gasteiger partial charge in [0.25, 0.3) is 0 Å². The summed E-state index contributed by atoms with van der Waals surface area (Å²) in [5.74, 6) is 0.225. The van der Waals surface area contributed by atoms with Crippen LogP contribution in [0.5, 0.6) is 11.6 Å². The van der Waals surface area contributed by atoms with Gasteiger partial charge < -0.3 is 15.7 Å². The number of ether oxygens (including phenoxy) is 1. The Labute approximate surface area is 108 Å². The van der Waals surface area contributed by atoms with Gasteiger partial charge in [0.15, 0.2) is 5.84 Å². The molecule has 1 aromatic heterocycles. The molecule has 0 saturated heterocycles. The Kier molecular flexibility index (Phi) is 3.56. The molecule has 6 nitrogen and oxygen atoms in total. The highest BCUT2D eigenvalue weighted by Crippen LogP contribution is 2.21. The molecule has 19 heavy (non-hydrogen) atoms. The fourth-order valence-corrected chi connectivity index (χ4v) is 1.35.